The van der Waals surface area contributed by atoms with Gasteiger partial charge in [0.2, 0.25) is 0 Å². The van der Waals surface area contributed by atoms with Crippen LogP contribution in [0.25, 0.3) is 0 Å². The van der Waals surface area contributed by atoms with E-state index in [0.29, 0.717) is 13.0 Å². The average Bonchev–Trinajstić information content (AvgIpc) is 2.50. The standard InChI is InChI=1S/C18H22FNO/c1-3-20-17(13-14-9-5-7-11-16(14)19)15-10-6-8-12-18(15)21-4-2/h5-12,17,20H,3-4,13H2,1-2H3. The first kappa shape index (κ1) is 15.5. The van der Waals surface area contributed by atoms with Gasteiger partial charge in [0.25, 0.3) is 0 Å². The molecule has 2 nitrogen and oxygen atoms in total. The maximum atomic E-state index is 13.9. The molecule has 0 aliphatic rings. The molecule has 0 spiro atoms. The summed E-state index contributed by atoms with van der Waals surface area (Å²) in [5.74, 6) is 0.705. The number of hydrogen-bond donors (Lipinski definition) is 1. The molecule has 0 aromatic heterocycles. The lowest BCUT2D eigenvalue weighted by atomic mass is 9.97. The van der Waals surface area contributed by atoms with Crippen LogP contribution in [0.5, 0.6) is 5.75 Å². The summed E-state index contributed by atoms with van der Waals surface area (Å²) < 4.78 is 19.6. The third kappa shape index (κ3) is 4.05. The first-order valence-electron chi connectivity index (χ1n) is 7.44. The highest BCUT2D eigenvalue weighted by Crippen LogP contribution is 2.28. The summed E-state index contributed by atoms with van der Waals surface area (Å²) in [5.41, 5.74) is 1.79. The number of nitrogens with one attached hydrogen (secondary N) is 1. The smallest absolute Gasteiger partial charge is 0.126 e. The van der Waals surface area contributed by atoms with Crippen LogP contribution in [0, 0.1) is 5.82 Å². The number of hydrogen-bond acceptors (Lipinski definition) is 2. The molecule has 0 bridgehead atoms. The third-order valence-corrected chi connectivity index (χ3v) is 3.43. The van der Waals surface area contributed by atoms with Crippen molar-refractivity contribution in [1.82, 2.24) is 5.32 Å². The van der Waals surface area contributed by atoms with Crippen molar-refractivity contribution in [2.45, 2.75) is 26.3 Å². The highest BCUT2D eigenvalue weighted by Gasteiger charge is 2.17. The van der Waals surface area contributed by atoms with Gasteiger partial charge in [0.05, 0.1) is 6.61 Å². The van der Waals surface area contributed by atoms with Crippen LogP contribution in [-0.4, -0.2) is 13.2 Å². The van der Waals surface area contributed by atoms with E-state index in [-0.39, 0.29) is 11.9 Å². The highest BCUT2D eigenvalue weighted by molar-refractivity contribution is 5.37. The predicted octanol–water partition coefficient (Wildman–Crippen LogP) is 4.12. The number of ether oxygens (including phenoxy) is 1. The van der Waals surface area contributed by atoms with E-state index >= 15 is 0 Å². The van der Waals surface area contributed by atoms with Crippen molar-refractivity contribution in [3.05, 3.63) is 65.5 Å². The number of likely N-dealkylation sites (N-methyl/N-ethyl adjacent to an activating group) is 1. The molecular formula is C18H22FNO. The monoisotopic (exact) mass is 287 g/mol. The number of para-hydroxylation sites is 1. The minimum atomic E-state index is -0.158. The molecule has 0 amide bonds. The quantitative estimate of drug-likeness (QED) is 0.827. The van der Waals surface area contributed by atoms with Crippen LogP contribution < -0.4 is 10.1 Å². The average molecular weight is 287 g/mol. The van der Waals surface area contributed by atoms with Crippen molar-refractivity contribution < 1.29 is 9.13 Å². The molecule has 1 atom stereocenters. The van der Waals surface area contributed by atoms with E-state index in [1.165, 1.54) is 6.07 Å². The van der Waals surface area contributed by atoms with Crippen molar-refractivity contribution in [3.8, 4) is 5.75 Å². The molecule has 0 heterocycles. The molecular weight excluding hydrogens is 265 g/mol. The zero-order valence-electron chi connectivity index (χ0n) is 12.6. The molecule has 0 saturated carbocycles. The van der Waals surface area contributed by atoms with Crippen LogP contribution in [0.15, 0.2) is 48.5 Å². The van der Waals surface area contributed by atoms with Crippen LogP contribution in [0.2, 0.25) is 0 Å². The lowest BCUT2D eigenvalue weighted by Crippen LogP contribution is -2.24. The molecule has 2 aromatic rings. The SMILES string of the molecule is CCNC(Cc1ccccc1F)c1ccccc1OCC. The largest absolute Gasteiger partial charge is 0.494 e. The van der Waals surface area contributed by atoms with Gasteiger partial charge in [-0.15, -0.1) is 0 Å². The lowest BCUT2D eigenvalue weighted by Gasteiger charge is -2.21. The van der Waals surface area contributed by atoms with Gasteiger partial charge < -0.3 is 10.1 Å². The molecule has 2 aromatic carbocycles. The van der Waals surface area contributed by atoms with Crippen molar-refractivity contribution >= 4 is 0 Å². The van der Waals surface area contributed by atoms with E-state index < -0.39 is 0 Å². The van der Waals surface area contributed by atoms with E-state index in [0.717, 1.165) is 23.4 Å². The molecule has 0 aliphatic carbocycles. The fraction of sp³-hybridized carbons (Fsp3) is 0.333. The second-order valence-electron chi connectivity index (χ2n) is 4.88. The molecule has 1 unspecified atom stereocenters. The van der Waals surface area contributed by atoms with E-state index in [4.69, 9.17) is 4.74 Å². The lowest BCUT2D eigenvalue weighted by molar-refractivity contribution is 0.331. The summed E-state index contributed by atoms with van der Waals surface area (Å²) in [4.78, 5) is 0. The van der Waals surface area contributed by atoms with Gasteiger partial charge in [-0.3, -0.25) is 0 Å². The summed E-state index contributed by atoms with van der Waals surface area (Å²) in [5, 5.41) is 3.43. The molecule has 0 aliphatic heterocycles. The highest BCUT2D eigenvalue weighted by atomic mass is 19.1. The van der Waals surface area contributed by atoms with E-state index in [9.17, 15) is 4.39 Å². The normalized spacial score (nSPS) is 12.1. The molecule has 0 saturated heterocycles. The third-order valence-electron chi connectivity index (χ3n) is 3.43. The predicted molar refractivity (Wildman–Crippen MR) is 84.1 cm³/mol. The molecule has 21 heavy (non-hydrogen) atoms. The Balaban J connectivity index is 2.29. The fourth-order valence-electron chi connectivity index (χ4n) is 2.48. The Hall–Kier alpha value is -1.87. The first-order chi connectivity index (χ1) is 10.3. The van der Waals surface area contributed by atoms with Crippen LogP contribution in [0.1, 0.15) is 31.0 Å². The van der Waals surface area contributed by atoms with Gasteiger partial charge in [-0.05, 0) is 37.6 Å². The molecule has 0 radical (unpaired) electrons. The molecule has 0 fully saturated rings. The van der Waals surface area contributed by atoms with Gasteiger partial charge in [0, 0.05) is 11.6 Å². The van der Waals surface area contributed by atoms with Gasteiger partial charge in [-0.25, -0.2) is 4.39 Å². The molecule has 1 N–H and O–H groups in total. The van der Waals surface area contributed by atoms with Crippen molar-refractivity contribution in [3.63, 3.8) is 0 Å². The summed E-state index contributed by atoms with van der Waals surface area (Å²) in [6.45, 7) is 5.46. The Morgan fingerprint density at radius 1 is 1.05 bits per heavy atom. The summed E-state index contributed by atoms with van der Waals surface area (Å²) in [7, 11) is 0. The summed E-state index contributed by atoms with van der Waals surface area (Å²) in [6.07, 6.45) is 0.602. The number of halogens is 1. The topological polar surface area (TPSA) is 21.3 Å². The molecule has 112 valence electrons. The maximum Gasteiger partial charge on any atom is 0.126 e. The van der Waals surface area contributed by atoms with Crippen LogP contribution in [0.3, 0.4) is 0 Å². The second kappa shape index (κ2) is 7.79. The zero-order valence-corrected chi connectivity index (χ0v) is 12.6. The zero-order chi connectivity index (χ0) is 15.1. The molecule has 2 rings (SSSR count). The van der Waals surface area contributed by atoms with Crippen LogP contribution >= 0.6 is 0 Å². The number of rotatable bonds is 7. The van der Waals surface area contributed by atoms with Crippen LogP contribution in [-0.2, 0) is 6.42 Å². The Morgan fingerprint density at radius 2 is 1.76 bits per heavy atom. The van der Waals surface area contributed by atoms with E-state index in [1.807, 2.05) is 43.3 Å². The summed E-state index contributed by atoms with van der Waals surface area (Å²) in [6, 6.07) is 14.9. The second-order valence-corrected chi connectivity index (χ2v) is 4.88. The minimum Gasteiger partial charge on any atom is -0.494 e. The van der Waals surface area contributed by atoms with Crippen molar-refractivity contribution in [1.29, 1.82) is 0 Å². The van der Waals surface area contributed by atoms with Gasteiger partial charge in [-0.1, -0.05) is 43.3 Å². The van der Waals surface area contributed by atoms with Gasteiger partial charge in [0.15, 0.2) is 0 Å². The van der Waals surface area contributed by atoms with Gasteiger partial charge in [-0.2, -0.15) is 0 Å². The summed E-state index contributed by atoms with van der Waals surface area (Å²) >= 11 is 0. The Morgan fingerprint density at radius 3 is 2.48 bits per heavy atom. The van der Waals surface area contributed by atoms with Crippen molar-refractivity contribution in [2.75, 3.05) is 13.2 Å². The number of benzene rings is 2. The Bertz CT molecular complexity index is 571. The maximum absolute atomic E-state index is 13.9. The van der Waals surface area contributed by atoms with Gasteiger partial charge >= 0.3 is 0 Å². The van der Waals surface area contributed by atoms with Crippen molar-refractivity contribution in [2.24, 2.45) is 0 Å². The van der Waals surface area contributed by atoms with Crippen LogP contribution in [0.4, 0.5) is 4.39 Å². The fourth-order valence-corrected chi connectivity index (χ4v) is 2.48. The first-order valence-corrected chi connectivity index (χ1v) is 7.44. The van der Waals surface area contributed by atoms with Gasteiger partial charge in [0.1, 0.15) is 11.6 Å². The minimum absolute atomic E-state index is 0.0367. The Labute approximate surface area is 126 Å². The van der Waals surface area contributed by atoms with E-state index in [2.05, 4.69) is 12.2 Å². The Kier molecular flexibility index (Phi) is 5.76. The molecule has 3 heteroatoms. The van der Waals surface area contributed by atoms with E-state index in [1.54, 1.807) is 6.07 Å².